The first kappa shape index (κ1) is 30.5. The number of amides is 1. The third-order valence-corrected chi connectivity index (χ3v) is 6.66. The third-order valence-electron chi connectivity index (χ3n) is 6.66. The van der Waals surface area contributed by atoms with Crippen molar-refractivity contribution in [3.8, 4) is 0 Å². The third kappa shape index (κ3) is 6.39. The fraction of sp³-hybridized carbons (Fsp3) is 0.952. The highest BCUT2D eigenvalue weighted by atomic mass is 16.8. The van der Waals surface area contributed by atoms with Gasteiger partial charge < -0.3 is 74.6 Å². The van der Waals surface area contributed by atoms with E-state index in [4.69, 9.17) is 28.4 Å². The van der Waals surface area contributed by atoms with E-state index >= 15 is 0 Å². The van der Waals surface area contributed by atoms with Crippen LogP contribution in [-0.2, 0) is 33.2 Å². The van der Waals surface area contributed by atoms with Gasteiger partial charge in [-0.25, -0.2) is 0 Å². The van der Waals surface area contributed by atoms with Crippen LogP contribution >= 0.6 is 0 Å². The molecule has 0 unspecified atom stereocenters. The molecule has 0 aliphatic carbocycles. The zero-order chi connectivity index (χ0) is 27.6. The smallest absolute Gasteiger partial charge is 0.217 e. The molecule has 3 fully saturated rings. The van der Waals surface area contributed by atoms with E-state index in [1.165, 1.54) is 21.0 Å². The summed E-state index contributed by atoms with van der Waals surface area (Å²) in [5, 5.41) is 83.7. The lowest BCUT2D eigenvalue weighted by atomic mass is 9.95. The zero-order valence-corrected chi connectivity index (χ0v) is 20.5. The first-order chi connectivity index (χ1) is 17.4. The number of hydrogen-bond donors (Lipinski definition) is 9. The zero-order valence-electron chi connectivity index (χ0n) is 20.5. The van der Waals surface area contributed by atoms with Gasteiger partial charge in [0.1, 0.15) is 67.1 Å². The average Bonchev–Trinajstić information content (AvgIpc) is 2.86. The van der Waals surface area contributed by atoms with E-state index in [0.29, 0.717) is 0 Å². The van der Waals surface area contributed by atoms with E-state index in [1.54, 1.807) is 0 Å². The molecule has 3 aliphatic rings. The molecule has 15 atom stereocenters. The van der Waals surface area contributed by atoms with E-state index < -0.39 is 111 Å². The molecule has 0 radical (unpaired) electrons. The molecule has 9 N–H and O–H groups in total. The summed E-state index contributed by atoms with van der Waals surface area (Å²) in [7, 11) is 1.26. The van der Waals surface area contributed by atoms with Gasteiger partial charge in [-0.2, -0.15) is 0 Å². The first-order valence-electron chi connectivity index (χ1n) is 11.8. The van der Waals surface area contributed by atoms with Gasteiger partial charge in [-0.3, -0.25) is 4.79 Å². The van der Waals surface area contributed by atoms with Crippen molar-refractivity contribution in [2.75, 3.05) is 20.3 Å². The van der Waals surface area contributed by atoms with Crippen LogP contribution in [0.3, 0.4) is 0 Å². The van der Waals surface area contributed by atoms with Crippen molar-refractivity contribution in [2.24, 2.45) is 0 Å². The summed E-state index contributed by atoms with van der Waals surface area (Å²) in [5.74, 6) is -0.586. The summed E-state index contributed by atoms with van der Waals surface area (Å²) in [4.78, 5) is 11.8. The molecule has 3 rings (SSSR count). The van der Waals surface area contributed by atoms with Gasteiger partial charge in [-0.15, -0.1) is 0 Å². The van der Waals surface area contributed by atoms with Crippen molar-refractivity contribution in [3.05, 3.63) is 0 Å². The Kier molecular flexibility index (Phi) is 10.6. The number of nitrogens with one attached hydrogen (secondary N) is 1. The van der Waals surface area contributed by atoms with Gasteiger partial charge in [0.2, 0.25) is 5.91 Å². The van der Waals surface area contributed by atoms with Gasteiger partial charge in [0, 0.05) is 14.0 Å². The predicted molar refractivity (Wildman–Crippen MR) is 116 cm³/mol. The molecule has 0 saturated carbocycles. The van der Waals surface area contributed by atoms with Crippen LogP contribution in [0.15, 0.2) is 0 Å². The highest BCUT2D eigenvalue weighted by Gasteiger charge is 2.53. The van der Waals surface area contributed by atoms with Crippen molar-refractivity contribution < 1.29 is 74.1 Å². The molecule has 3 aliphatic heterocycles. The second-order valence-electron chi connectivity index (χ2n) is 9.27. The Labute approximate surface area is 212 Å². The Balaban J connectivity index is 1.88. The van der Waals surface area contributed by atoms with Crippen LogP contribution in [0.2, 0.25) is 0 Å². The van der Waals surface area contributed by atoms with Crippen molar-refractivity contribution >= 4 is 5.91 Å². The van der Waals surface area contributed by atoms with Crippen LogP contribution in [0, 0.1) is 0 Å². The fourth-order valence-corrected chi connectivity index (χ4v) is 4.60. The largest absolute Gasteiger partial charge is 0.394 e. The predicted octanol–water partition coefficient (Wildman–Crippen LogP) is -5.75. The molecule has 16 nitrogen and oxygen atoms in total. The first-order valence-corrected chi connectivity index (χ1v) is 11.8. The molecule has 0 spiro atoms. The van der Waals surface area contributed by atoms with Crippen molar-refractivity contribution in [1.29, 1.82) is 0 Å². The van der Waals surface area contributed by atoms with Crippen LogP contribution in [0.1, 0.15) is 13.8 Å². The molecular formula is C21H37NO15. The molecule has 3 saturated heterocycles. The van der Waals surface area contributed by atoms with Gasteiger partial charge >= 0.3 is 0 Å². The topological polar surface area (TPSA) is 246 Å². The minimum absolute atomic E-state index is 0.586. The van der Waals surface area contributed by atoms with E-state index in [1.807, 2.05) is 0 Å². The number of rotatable bonds is 8. The molecule has 0 aromatic rings. The lowest BCUT2D eigenvalue weighted by molar-refractivity contribution is -0.376. The summed E-state index contributed by atoms with van der Waals surface area (Å²) in [6, 6.07) is -1.31. The van der Waals surface area contributed by atoms with Gasteiger partial charge in [0.15, 0.2) is 18.9 Å². The molecule has 0 aromatic heterocycles. The number of carbonyl (C=O) groups is 1. The maximum atomic E-state index is 11.8. The van der Waals surface area contributed by atoms with Gasteiger partial charge in [0.05, 0.1) is 19.3 Å². The molecule has 37 heavy (non-hydrogen) atoms. The lowest BCUT2D eigenvalue weighted by Crippen LogP contribution is -2.68. The van der Waals surface area contributed by atoms with E-state index in [2.05, 4.69) is 5.32 Å². The Morgan fingerprint density at radius 3 is 1.81 bits per heavy atom. The van der Waals surface area contributed by atoms with Crippen LogP contribution in [-0.4, -0.2) is 159 Å². The van der Waals surface area contributed by atoms with Gasteiger partial charge in [-0.05, 0) is 6.92 Å². The summed E-state index contributed by atoms with van der Waals surface area (Å²) in [5.41, 5.74) is 0. The number of aliphatic hydroxyl groups is 8. The standard InChI is InChI=1S/C21H37NO15/c1-6-17(36-19-10(22-7(2)25)13(28)11(26)8(4-23)34-19)18(16(31)20(32-3)33-6)37-21-15(30)14(29)12(27)9(5-24)35-21/h6,8-21,23-24,26-31H,4-5H2,1-3H3,(H,22,25)/t6-,8+,9+,10-,11+,12+,13+,14-,15+,16+,17-,18-,19-,20+,21+/m0/s1. The fourth-order valence-electron chi connectivity index (χ4n) is 4.60. The summed E-state index contributed by atoms with van der Waals surface area (Å²) in [6.45, 7) is 1.28. The molecule has 1 amide bonds. The molecule has 0 bridgehead atoms. The summed E-state index contributed by atoms with van der Waals surface area (Å²) < 4.78 is 33.5. The highest BCUT2D eigenvalue weighted by molar-refractivity contribution is 5.73. The normalized spacial score (nSPS) is 49.0. The number of carbonyl (C=O) groups excluding carboxylic acids is 1. The van der Waals surface area contributed by atoms with E-state index in [-0.39, 0.29) is 0 Å². The molecule has 16 heteroatoms. The number of ether oxygens (including phenoxy) is 6. The minimum atomic E-state index is -1.79. The van der Waals surface area contributed by atoms with Crippen molar-refractivity contribution in [3.63, 3.8) is 0 Å². The maximum absolute atomic E-state index is 11.8. The van der Waals surface area contributed by atoms with E-state index in [9.17, 15) is 45.6 Å². The van der Waals surface area contributed by atoms with Crippen LogP contribution < -0.4 is 5.32 Å². The Hall–Kier alpha value is -1.09. The minimum Gasteiger partial charge on any atom is -0.394 e. The number of methoxy groups -OCH3 is 1. The second-order valence-corrected chi connectivity index (χ2v) is 9.27. The molecular weight excluding hydrogens is 506 g/mol. The maximum Gasteiger partial charge on any atom is 0.217 e. The lowest BCUT2D eigenvalue weighted by Gasteiger charge is -2.49. The average molecular weight is 544 g/mol. The molecule has 216 valence electrons. The monoisotopic (exact) mass is 543 g/mol. The number of hydrogen-bond acceptors (Lipinski definition) is 15. The highest BCUT2D eigenvalue weighted by Crippen LogP contribution is 2.33. The Morgan fingerprint density at radius 1 is 0.730 bits per heavy atom. The Bertz CT molecular complexity index is 745. The summed E-state index contributed by atoms with van der Waals surface area (Å²) >= 11 is 0. The van der Waals surface area contributed by atoms with Crippen molar-refractivity contribution in [1.82, 2.24) is 5.32 Å². The van der Waals surface area contributed by atoms with E-state index in [0.717, 1.165) is 0 Å². The molecule has 3 heterocycles. The summed E-state index contributed by atoms with van der Waals surface area (Å²) in [6.07, 6.45) is -20.5. The van der Waals surface area contributed by atoms with Gasteiger partial charge in [-0.1, -0.05) is 0 Å². The SMILES string of the molecule is CO[C@@H]1O[C@@H](C)[C@H](O[C@@H]2O[C@H](CO)[C@@H](O)[C@H](O)[C@@H]2NC(C)=O)[C@@H](O[C@H]2O[C@H](CO)[C@@H](O)[C@H](O)[C@H]2O)[C@H]1O. The quantitative estimate of drug-likeness (QED) is 0.138. The van der Waals surface area contributed by atoms with Crippen LogP contribution in [0.25, 0.3) is 0 Å². The molecule has 0 aromatic carbocycles. The van der Waals surface area contributed by atoms with Crippen molar-refractivity contribution in [2.45, 2.75) is 106 Å². The Morgan fingerprint density at radius 2 is 1.27 bits per heavy atom. The van der Waals surface area contributed by atoms with Gasteiger partial charge in [0.25, 0.3) is 0 Å². The second kappa shape index (κ2) is 12.8. The van der Waals surface area contributed by atoms with Crippen LogP contribution in [0.5, 0.6) is 0 Å². The number of aliphatic hydroxyl groups excluding tert-OH is 8. The van der Waals surface area contributed by atoms with Crippen LogP contribution in [0.4, 0.5) is 0 Å².